The van der Waals surface area contributed by atoms with Crippen LogP contribution in [0.5, 0.6) is 0 Å². The molecule has 0 bridgehead atoms. The Hall–Kier alpha value is -0.900. The quantitative estimate of drug-likeness (QED) is 0.585. The van der Waals surface area contributed by atoms with E-state index in [1.807, 2.05) is 0 Å². The molecule has 0 aliphatic carbocycles. The Balaban J connectivity index is 1.58. The Bertz CT molecular complexity index is 461. The van der Waals surface area contributed by atoms with Crippen molar-refractivity contribution in [3.8, 4) is 0 Å². The predicted octanol–water partition coefficient (Wildman–Crippen LogP) is 4.38. The molecule has 0 saturated carbocycles. The summed E-state index contributed by atoms with van der Waals surface area (Å²) in [6, 6.07) is 9.17. The van der Waals surface area contributed by atoms with Gasteiger partial charge in [-0.2, -0.15) is 0 Å². The monoisotopic (exact) mass is 346 g/mol. The van der Waals surface area contributed by atoms with Crippen LogP contribution in [0.3, 0.4) is 0 Å². The first kappa shape index (κ1) is 20.4. The van der Waals surface area contributed by atoms with Crippen molar-refractivity contribution in [3.63, 3.8) is 0 Å². The molecule has 0 radical (unpaired) electrons. The normalized spacial score (nSPS) is 16.9. The van der Waals surface area contributed by atoms with Crippen molar-refractivity contribution >= 4 is 0 Å². The highest BCUT2D eigenvalue weighted by molar-refractivity contribution is 5.24. The minimum absolute atomic E-state index is 0.616. The minimum Gasteiger partial charge on any atom is -0.380 e. The summed E-state index contributed by atoms with van der Waals surface area (Å²) in [5.41, 5.74) is 2.87. The Morgan fingerprint density at radius 3 is 2.12 bits per heavy atom. The van der Waals surface area contributed by atoms with E-state index in [0.717, 1.165) is 32.2 Å². The van der Waals surface area contributed by atoms with Gasteiger partial charge in [-0.3, -0.25) is 9.80 Å². The highest BCUT2D eigenvalue weighted by Gasteiger charge is 2.16. The van der Waals surface area contributed by atoms with Crippen LogP contribution in [0, 0.1) is 5.92 Å². The van der Waals surface area contributed by atoms with Gasteiger partial charge in [0.15, 0.2) is 0 Å². The molecule has 1 aliphatic heterocycles. The molecule has 142 valence electrons. The van der Waals surface area contributed by atoms with Gasteiger partial charge in [-0.05, 0) is 35.8 Å². The van der Waals surface area contributed by atoms with Gasteiger partial charge in [-0.15, -0.1) is 0 Å². The molecule has 0 atom stereocenters. The van der Waals surface area contributed by atoms with Gasteiger partial charge in [0.2, 0.25) is 0 Å². The smallest absolute Gasteiger partial charge is 0.0593 e. The van der Waals surface area contributed by atoms with Gasteiger partial charge in [0.1, 0.15) is 0 Å². The van der Waals surface area contributed by atoms with Crippen LogP contribution in [-0.4, -0.2) is 55.7 Å². The van der Waals surface area contributed by atoms with E-state index in [2.05, 4.69) is 61.8 Å². The van der Waals surface area contributed by atoms with Crippen LogP contribution in [-0.2, 0) is 11.3 Å². The van der Waals surface area contributed by atoms with E-state index < -0.39 is 0 Å². The SMILES string of the molecule is CC(C)CCCOCCN1CCN(Cc2ccc(C(C)C)cc2)CC1. The molecule has 1 fully saturated rings. The molecule has 1 aliphatic rings. The van der Waals surface area contributed by atoms with E-state index in [1.54, 1.807) is 0 Å². The van der Waals surface area contributed by atoms with E-state index in [0.29, 0.717) is 5.92 Å². The number of rotatable bonds is 10. The first-order valence-electron chi connectivity index (χ1n) is 10.2. The van der Waals surface area contributed by atoms with Crippen LogP contribution in [0.2, 0.25) is 0 Å². The predicted molar refractivity (Wildman–Crippen MR) is 107 cm³/mol. The lowest BCUT2D eigenvalue weighted by molar-refractivity contribution is 0.0713. The molecule has 3 heteroatoms. The molecule has 1 saturated heterocycles. The lowest BCUT2D eigenvalue weighted by Crippen LogP contribution is -2.46. The fourth-order valence-electron chi connectivity index (χ4n) is 3.33. The maximum Gasteiger partial charge on any atom is 0.0593 e. The van der Waals surface area contributed by atoms with Gasteiger partial charge in [-0.1, -0.05) is 52.0 Å². The second-order valence-electron chi connectivity index (χ2n) is 8.16. The fraction of sp³-hybridized carbons (Fsp3) is 0.727. The summed E-state index contributed by atoms with van der Waals surface area (Å²) in [5.74, 6) is 1.41. The molecule has 2 rings (SSSR count). The maximum absolute atomic E-state index is 5.78. The van der Waals surface area contributed by atoms with Gasteiger partial charge in [0.05, 0.1) is 6.61 Å². The zero-order valence-electron chi connectivity index (χ0n) is 16.8. The van der Waals surface area contributed by atoms with Crippen LogP contribution in [0.1, 0.15) is 57.6 Å². The summed E-state index contributed by atoms with van der Waals surface area (Å²) in [6.07, 6.45) is 2.47. The molecular formula is C22H38N2O. The number of nitrogens with zero attached hydrogens (tertiary/aromatic N) is 2. The van der Waals surface area contributed by atoms with Crippen LogP contribution in [0.4, 0.5) is 0 Å². The van der Waals surface area contributed by atoms with Crippen molar-refractivity contribution in [2.75, 3.05) is 45.9 Å². The summed E-state index contributed by atoms with van der Waals surface area (Å²) in [5, 5.41) is 0. The van der Waals surface area contributed by atoms with Gasteiger partial charge < -0.3 is 4.74 Å². The van der Waals surface area contributed by atoms with Crippen LogP contribution in [0.15, 0.2) is 24.3 Å². The topological polar surface area (TPSA) is 15.7 Å². The van der Waals surface area contributed by atoms with E-state index in [4.69, 9.17) is 4.74 Å². The third kappa shape index (κ3) is 7.89. The first-order chi connectivity index (χ1) is 12.0. The first-order valence-corrected chi connectivity index (χ1v) is 10.2. The van der Waals surface area contributed by atoms with Crippen molar-refractivity contribution in [1.29, 1.82) is 0 Å². The standard InChI is InChI=1S/C22H38N2O/c1-19(2)6-5-16-25-17-15-23-11-13-24(14-12-23)18-21-7-9-22(10-8-21)20(3)4/h7-10,19-20H,5-6,11-18H2,1-4H3. The summed E-state index contributed by atoms with van der Waals surface area (Å²) in [7, 11) is 0. The molecule has 1 heterocycles. The average molecular weight is 347 g/mol. The largest absolute Gasteiger partial charge is 0.380 e. The average Bonchev–Trinajstić information content (AvgIpc) is 2.59. The van der Waals surface area contributed by atoms with Gasteiger partial charge >= 0.3 is 0 Å². The van der Waals surface area contributed by atoms with E-state index in [-0.39, 0.29) is 0 Å². The Morgan fingerprint density at radius 2 is 1.52 bits per heavy atom. The fourth-order valence-corrected chi connectivity index (χ4v) is 3.33. The zero-order chi connectivity index (χ0) is 18.1. The second-order valence-corrected chi connectivity index (χ2v) is 8.16. The number of hydrogen-bond donors (Lipinski definition) is 0. The van der Waals surface area contributed by atoms with Crippen molar-refractivity contribution in [3.05, 3.63) is 35.4 Å². The molecule has 25 heavy (non-hydrogen) atoms. The third-order valence-corrected chi connectivity index (χ3v) is 5.14. The lowest BCUT2D eigenvalue weighted by atomic mass is 10.0. The van der Waals surface area contributed by atoms with Crippen molar-refractivity contribution < 1.29 is 4.74 Å². The highest BCUT2D eigenvalue weighted by atomic mass is 16.5. The summed E-state index contributed by atoms with van der Waals surface area (Å²) < 4.78 is 5.78. The Labute approximate surface area is 155 Å². The Kier molecular flexibility index (Phi) is 8.94. The number of piperazine rings is 1. The zero-order valence-corrected chi connectivity index (χ0v) is 16.8. The molecule has 0 amide bonds. The van der Waals surface area contributed by atoms with Crippen molar-refractivity contribution in [2.45, 2.75) is 53.0 Å². The van der Waals surface area contributed by atoms with E-state index in [9.17, 15) is 0 Å². The highest BCUT2D eigenvalue weighted by Crippen LogP contribution is 2.16. The summed E-state index contributed by atoms with van der Waals surface area (Å²) >= 11 is 0. The van der Waals surface area contributed by atoms with Gasteiger partial charge in [0, 0.05) is 45.9 Å². The molecule has 0 aromatic heterocycles. The maximum atomic E-state index is 5.78. The van der Waals surface area contributed by atoms with E-state index >= 15 is 0 Å². The number of ether oxygens (including phenoxy) is 1. The molecule has 3 nitrogen and oxygen atoms in total. The molecule has 0 spiro atoms. The third-order valence-electron chi connectivity index (χ3n) is 5.14. The van der Waals surface area contributed by atoms with Gasteiger partial charge in [0.25, 0.3) is 0 Å². The Morgan fingerprint density at radius 1 is 0.880 bits per heavy atom. The van der Waals surface area contributed by atoms with Crippen LogP contribution in [0.25, 0.3) is 0 Å². The molecule has 0 N–H and O–H groups in total. The van der Waals surface area contributed by atoms with Crippen molar-refractivity contribution in [1.82, 2.24) is 9.80 Å². The molecule has 1 aromatic carbocycles. The number of hydrogen-bond acceptors (Lipinski definition) is 3. The van der Waals surface area contributed by atoms with Gasteiger partial charge in [-0.25, -0.2) is 0 Å². The van der Waals surface area contributed by atoms with Crippen LogP contribution >= 0.6 is 0 Å². The molecular weight excluding hydrogens is 308 g/mol. The lowest BCUT2D eigenvalue weighted by Gasteiger charge is -2.34. The summed E-state index contributed by atoms with van der Waals surface area (Å²) in [6.45, 7) is 17.7. The summed E-state index contributed by atoms with van der Waals surface area (Å²) in [4.78, 5) is 5.12. The van der Waals surface area contributed by atoms with Crippen molar-refractivity contribution in [2.24, 2.45) is 5.92 Å². The number of benzene rings is 1. The molecule has 0 unspecified atom stereocenters. The molecule has 1 aromatic rings. The second kappa shape index (κ2) is 10.9. The van der Waals surface area contributed by atoms with E-state index in [1.165, 1.54) is 50.1 Å². The van der Waals surface area contributed by atoms with Crippen LogP contribution < -0.4 is 0 Å². The minimum atomic E-state index is 0.616.